The summed E-state index contributed by atoms with van der Waals surface area (Å²) >= 11 is 1.66. The number of aromatic nitrogens is 2. The fourth-order valence-electron chi connectivity index (χ4n) is 2.30. The van der Waals surface area contributed by atoms with Crippen molar-refractivity contribution < 1.29 is 4.74 Å². The number of rotatable bonds is 6. The van der Waals surface area contributed by atoms with Gasteiger partial charge in [0.25, 0.3) is 0 Å². The van der Waals surface area contributed by atoms with Gasteiger partial charge in [0, 0.05) is 13.2 Å². The Hall–Kier alpha value is -2.66. The van der Waals surface area contributed by atoms with Crippen LogP contribution >= 0.6 is 11.3 Å². The molecule has 2 aromatic heterocycles. The Morgan fingerprint density at radius 3 is 2.68 bits per heavy atom. The smallest absolute Gasteiger partial charge is 0.125 e. The molecule has 4 nitrogen and oxygen atoms in total. The fraction of sp³-hybridized carbons (Fsp3) is 0.200. The summed E-state index contributed by atoms with van der Waals surface area (Å²) in [6.07, 6.45) is 10.0. The van der Waals surface area contributed by atoms with E-state index in [0.717, 1.165) is 32.4 Å². The molecule has 0 unspecified atom stereocenters. The number of nitrogens with one attached hydrogen (secondary N) is 1. The van der Waals surface area contributed by atoms with Crippen molar-refractivity contribution in [2.24, 2.45) is 0 Å². The van der Waals surface area contributed by atoms with E-state index in [1.165, 1.54) is 0 Å². The molecule has 0 aliphatic heterocycles. The van der Waals surface area contributed by atoms with Crippen LogP contribution in [0.5, 0.6) is 5.75 Å². The van der Waals surface area contributed by atoms with Crippen molar-refractivity contribution in [3.05, 3.63) is 59.3 Å². The first-order valence-electron chi connectivity index (χ1n) is 8.20. The summed E-state index contributed by atoms with van der Waals surface area (Å²) in [5.74, 6) is 1.75. The predicted octanol–water partition coefficient (Wildman–Crippen LogP) is 5.25. The Kier molecular flexibility index (Phi) is 5.46. The number of hydrogen-bond donors (Lipinski definition) is 1. The van der Waals surface area contributed by atoms with Crippen LogP contribution in [0.25, 0.3) is 22.4 Å². The van der Waals surface area contributed by atoms with Gasteiger partial charge in [0.05, 0.1) is 16.3 Å². The van der Waals surface area contributed by atoms with Gasteiger partial charge in [0.1, 0.15) is 16.6 Å². The van der Waals surface area contributed by atoms with E-state index in [4.69, 9.17) is 4.74 Å². The van der Waals surface area contributed by atoms with Crippen molar-refractivity contribution in [3.8, 4) is 5.75 Å². The van der Waals surface area contributed by atoms with E-state index in [0.29, 0.717) is 0 Å². The summed E-state index contributed by atoms with van der Waals surface area (Å²) in [7, 11) is 1.86. The molecule has 0 aliphatic carbocycles. The minimum atomic E-state index is 0.173. The highest BCUT2D eigenvalue weighted by Crippen LogP contribution is 2.27. The average molecular weight is 351 g/mol. The molecule has 3 aromatic rings. The Morgan fingerprint density at radius 2 is 1.96 bits per heavy atom. The van der Waals surface area contributed by atoms with Crippen LogP contribution in [0.3, 0.4) is 0 Å². The van der Waals surface area contributed by atoms with Crippen LogP contribution < -0.4 is 10.1 Å². The van der Waals surface area contributed by atoms with E-state index in [1.54, 1.807) is 11.3 Å². The van der Waals surface area contributed by atoms with Crippen LogP contribution in [0.1, 0.15) is 24.4 Å². The zero-order valence-corrected chi connectivity index (χ0v) is 15.4. The maximum absolute atomic E-state index is 5.73. The molecule has 5 heteroatoms. The standard InChI is InChI=1S/C20H21N3OS/c1-14(2)24-16-9-10-17-18(12-16)25-20(23-17)7-5-4-6-15-8-11-19(21-3)22-13-15/h4-14H,1-3H3,(H,21,22)/b6-4+,7-5+. The topological polar surface area (TPSA) is 47.0 Å². The average Bonchev–Trinajstić information content (AvgIpc) is 3.01. The highest BCUT2D eigenvalue weighted by atomic mass is 32.1. The lowest BCUT2D eigenvalue weighted by Crippen LogP contribution is -2.04. The Bertz CT molecular complexity index is 895. The zero-order chi connectivity index (χ0) is 17.6. The number of allylic oxidation sites excluding steroid dienone is 2. The van der Waals surface area contributed by atoms with E-state index in [9.17, 15) is 0 Å². The number of fused-ring (bicyclic) bond motifs is 1. The Morgan fingerprint density at radius 1 is 1.12 bits per heavy atom. The number of thiazole rings is 1. The van der Waals surface area contributed by atoms with Gasteiger partial charge in [-0.1, -0.05) is 18.2 Å². The van der Waals surface area contributed by atoms with Gasteiger partial charge >= 0.3 is 0 Å². The first-order chi connectivity index (χ1) is 12.1. The van der Waals surface area contributed by atoms with Crippen LogP contribution in [0.2, 0.25) is 0 Å². The summed E-state index contributed by atoms with van der Waals surface area (Å²) < 4.78 is 6.87. The first kappa shape index (κ1) is 17.2. The fourth-order valence-corrected chi connectivity index (χ4v) is 3.21. The van der Waals surface area contributed by atoms with Crippen LogP contribution in [-0.2, 0) is 0 Å². The van der Waals surface area contributed by atoms with Crippen molar-refractivity contribution in [3.63, 3.8) is 0 Å². The predicted molar refractivity (Wildman–Crippen MR) is 107 cm³/mol. The monoisotopic (exact) mass is 351 g/mol. The van der Waals surface area contributed by atoms with Crippen LogP contribution in [0.4, 0.5) is 5.82 Å². The third kappa shape index (κ3) is 4.67. The van der Waals surface area contributed by atoms with Gasteiger partial charge in [-0.15, -0.1) is 11.3 Å². The molecule has 128 valence electrons. The zero-order valence-electron chi connectivity index (χ0n) is 14.6. The lowest BCUT2D eigenvalue weighted by molar-refractivity contribution is 0.243. The molecule has 0 saturated heterocycles. The molecule has 3 rings (SSSR count). The number of hydrogen-bond acceptors (Lipinski definition) is 5. The van der Waals surface area contributed by atoms with E-state index in [-0.39, 0.29) is 6.10 Å². The molecule has 0 saturated carbocycles. The second-order valence-electron chi connectivity index (χ2n) is 5.79. The minimum Gasteiger partial charge on any atom is -0.491 e. The maximum atomic E-state index is 5.73. The largest absolute Gasteiger partial charge is 0.491 e. The lowest BCUT2D eigenvalue weighted by atomic mass is 10.2. The first-order valence-corrected chi connectivity index (χ1v) is 9.01. The second kappa shape index (κ2) is 7.94. The van der Waals surface area contributed by atoms with Gasteiger partial charge < -0.3 is 10.1 Å². The van der Waals surface area contributed by atoms with Crippen molar-refractivity contribution in [1.82, 2.24) is 9.97 Å². The second-order valence-corrected chi connectivity index (χ2v) is 6.86. The SMILES string of the molecule is CNc1ccc(/C=C/C=C/c2nc3ccc(OC(C)C)cc3s2)cn1. The Labute approximate surface area is 151 Å². The third-order valence-corrected chi connectivity index (χ3v) is 4.41. The van der Waals surface area contributed by atoms with E-state index < -0.39 is 0 Å². The molecule has 0 fully saturated rings. The van der Waals surface area contributed by atoms with Gasteiger partial charge in [-0.25, -0.2) is 9.97 Å². The molecule has 0 aliphatic rings. The van der Waals surface area contributed by atoms with Crippen molar-refractivity contribution in [1.29, 1.82) is 0 Å². The number of pyridine rings is 1. The summed E-state index contributed by atoms with van der Waals surface area (Å²) in [6.45, 7) is 4.05. The van der Waals surface area contributed by atoms with Gasteiger partial charge in [-0.2, -0.15) is 0 Å². The van der Waals surface area contributed by atoms with E-state index >= 15 is 0 Å². The molecule has 0 atom stereocenters. The highest BCUT2D eigenvalue weighted by molar-refractivity contribution is 7.19. The quantitative estimate of drug-likeness (QED) is 0.616. The summed E-state index contributed by atoms with van der Waals surface area (Å²) in [5.41, 5.74) is 2.06. The highest BCUT2D eigenvalue weighted by Gasteiger charge is 2.04. The molecule has 0 amide bonds. The molecule has 1 aromatic carbocycles. The molecular weight excluding hydrogens is 330 g/mol. The van der Waals surface area contributed by atoms with Crippen molar-refractivity contribution >= 4 is 39.5 Å². The van der Waals surface area contributed by atoms with Gasteiger partial charge in [0.2, 0.25) is 0 Å². The molecule has 0 spiro atoms. The number of benzene rings is 1. The summed E-state index contributed by atoms with van der Waals surface area (Å²) in [6, 6.07) is 10.0. The number of anilines is 1. The Balaban J connectivity index is 1.68. The maximum Gasteiger partial charge on any atom is 0.125 e. The number of ether oxygens (including phenoxy) is 1. The minimum absolute atomic E-state index is 0.173. The van der Waals surface area contributed by atoms with Crippen LogP contribution in [0, 0.1) is 0 Å². The molecule has 25 heavy (non-hydrogen) atoms. The normalized spacial score (nSPS) is 11.8. The summed E-state index contributed by atoms with van der Waals surface area (Å²) in [5, 5.41) is 3.98. The van der Waals surface area contributed by atoms with Gasteiger partial charge in [-0.05, 0) is 55.8 Å². The van der Waals surface area contributed by atoms with E-state index in [1.807, 2.05) is 75.7 Å². The lowest BCUT2D eigenvalue weighted by Gasteiger charge is -2.08. The molecule has 0 bridgehead atoms. The molecule has 0 radical (unpaired) electrons. The summed E-state index contributed by atoms with van der Waals surface area (Å²) in [4.78, 5) is 8.90. The van der Waals surface area contributed by atoms with Crippen LogP contribution in [-0.4, -0.2) is 23.1 Å². The van der Waals surface area contributed by atoms with E-state index in [2.05, 4.69) is 21.4 Å². The van der Waals surface area contributed by atoms with Crippen molar-refractivity contribution in [2.75, 3.05) is 12.4 Å². The van der Waals surface area contributed by atoms with Gasteiger partial charge in [-0.3, -0.25) is 0 Å². The number of nitrogens with zero attached hydrogens (tertiary/aromatic N) is 2. The van der Waals surface area contributed by atoms with Crippen molar-refractivity contribution in [2.45, 2.75) is 20.0 Å². The molecule has 1 N–H and O–H groups in total. The molecule has 2 heterocycles. The molecular formula is C20H21N3OS. The van der Waals surface area contributed by atoms with Gasteiger partial charge in [0.15, 0.2) is 0 Å². The van der Waals surface area contributed by atoms with Crippen LogP contribution in [0.15, 0.2) is 48.7 Å². The third-order valence-electron chi connectivity index (χ3n) is 3.43.